The van der Waals surface area contributed by atoms with Gasteiger partial charge in [-0.1, -0.05) is 25.4 Å². The minimum absolute atomic E-state index is 0.102. The van der Waals surface area contributed by atoms with Gasteiger partial charge < -0.3 is 4.57 Å². The van der Waals surface area contributed by atoms with E-state index in [1.54, 1.807) is 6.07 Å². The molecule has 19 heavy (non-hydrogen) atoms. The van der Waals surface area contributed by atoms with E-state index in [9.17, 15) is 4.39 Å². The number of rotatable bonds is 3. The molecular weight excluding hydrogens is 286 g/mol. The summed E-state index contributed by atoms with van der Waals surface area (Å²) in [6.07, 6.45) is 1.18. The Kier molecular flexibility index (Phi) is 3.02. The predicted octanol–water partition coefficient (Wildman–Crippen LogP) is 4.61. The van der Waals surface area contributed by atoms with E-state index < -0.39 is 5.82 Å². The van der Waals surface area contributed by atoms with Gasteiger partial charge in [0.05, 0.1) is 21.9 Å². The second kappa shape index (κ2) is 4.35. The zero-order valence-corrected chi connectivity index (χ0v) is 12.4. The lowest BCUT2D eigenvalue weighted by Gasteiger charge is -2.09. The SMILES string of the molecule is CC1(C)CC1Cn1c(CCl)nc2cc(Cl)c(F)cc21. The number of hydrogen-bond acceptors (Lipinski definition) is 1. The molecular formula is C14H15Cl2FN2. The van der Waals surface area contributed by atoms with E-state index in [1.165, 1.54) is 12.5 Å². The van der Waals surface area contributed by atoms with E-state index in [-0.39, 0.29) is 5.02 Å². The third-order valence-corrected chi connectivity index (χ3v) is 4.64. The monoisotopic (exact) mass is 300 g/mol. The van der Waals surface area contributed by atoms with E-state index in [0.717, 1.165) is 17.9 Å². The number of nitrogens with zero attached hydrogens (tertiary/aromatic N) is 2. The lowest BCUT2D eigenvalue weighted by atomic mass is 10.1. The van der Waals surface area contributed by atoms with Crippen molar-refractivity contribution in [3.8, 4) is 0 Å². The van der Waals surface area contributed by atoms with Gasteiger partial charge >= 0.3 is 0 Å². The third kappa shape index (κ3) is 2.23. The Bertz CT molecular complexity index is 648. The van der Waals surface area contributed by atoms with E-state index >= 15 is 0 Å². The van der Waals surface area contributed by atoms with Crippen molar-refractivity contribution >= 4 is 34.2 Å². The highest BCUT2D eigenvalue weighted by atomic mass is 35.5. The number of hydrogen-bond donors (Lipinski definition) is 0. The van der Waals surface area contributed by atoms with Crippen molar-refractivity contribution in [2.45, 2.75) is 32.7 Å². The van der Waals surface area contributed by atoms with Crippen LogP contribution < -0.4 is 0 Å². The molecule has 102 valence electrons. The standard InChI is InChI=1S/C14H15Cl2FN2/c1-14(2)5-8(14)7-19-12-4-10(17)9(16)3-11(12)18-13(19)6-15/h3-4,8H,5-7H2,1-2H3. The molecule has 0 bridgehead atoms. The number of fused-ring (bicyclic) bond motifs is 1. The summed E-state index contributed by atoms with van der Waals surface area (Å²) in [4.78, 5) is 4.44. The van der Waals surface area contributed by atoms with Gasteiger partial charge in [-0.25, -0.2) is 9.37 Å². The van der Waals surface area contributed by atoms with Crippen molar-refractivity contribution in [1.82, 2.24) is 9.55 Å². The summed E-state index contributed by atoms with van der Waals surface area (Å²) in [5, 5.41) is 0.102. The van der Waals surface area contributed by atoms with Crippen molar-refractivity contribution < 1.29 is 4.39 Å². The molecule has 1 aliphatic rings. The zero-order valence-electron chi connectivity index (χ0n) is 10.9. The normalized spacial score (nSPS) is 21.0. The van der Waals surface area contributed by atoms with Crippen molar-refractivity contribution in [2.24, 2.45) is 11.3 Å². The predicted molar refractivity (Wildman–Crippen MR) is 76.1 cm³/mol. The largest absolute Gasteiger partial charge is 0.327 e. The summed E-state index contributed by atoms with van der Waals surface area (Å²) in [6.45, 7) is 5.33. The third-order valence-electron chi connectivity index (χ3n) is 4.11. The minimum atomic E-state index is -0.411. The number of benzene rings is 1. The highest BCUT2D eigenvalue weighted by molar-refractivity contribution is 6.31. The number of imidazole rings is 1. The zero-order chi connectivity index (χ0) is 13.8. The molecule has 0 radical (unpaired) electrons. The maximum atomic E-state index is 13.6. The van der Waals surface area contributed by atoms with Crippen LogP contribution in [0.1, 0.15) is 26.1 Å². The fourth-order valence-electron chi connectivity index (χ4n) is 2.58. The lowest BCUT2D eigenvalue weighted by Crippen LogP contribution is -2.07. The van der Waals surface area contributed by atoms with Gasteiger partial charge in [0.2, 0.25) is 0 Å². The molecule has 0 N–H and O–H groups in total. The van der Waals surface area contributed by atoms with Gasteiger partial charge in [-0.3, -0.25) is 0 Å². The molecule has 3 rings (SSSR count). The van der Waals surface area contributed by atoms with Crippen LogP contribution in [0.25, 0.3) is 11.0 Å². The van der Waals surface area contributed by atoms with Crippen LogP contribution in [0.5, 0.6) is 0 Å². The van der Waals surface area contributed by atoms with Crippen LogP contribution in [0.2, 0.25) is 5.02 Å². The molecule has 1 aromatic carbocycles. The summed E-state index contributed by atoms with van der Waals surface area (Å²) in [5.41, 5.74) is 1.85. The molecule has 1 fully saturated rings. The molecule has 0 aliphatic heterocycles. The number of halogens is 3. The van der Waals surface area contributed by atoms with Crippen LogP contribution >= 0.6 is 23.2 Å². The van der Waals surface area contributed by atoms with Crippen LogP contribution in [0.3, 0.4) is 0 Å². The topological polar surface area (TPSA) is 17.8 Å². The molecule has 1 heterocycles. The molecule has 5 heteroatoms. The maximum Gasteiger partial charge on any atom is 0.144 e. The molecule has 1 saturated carbocycles. The Morgan fingerprint density at radius 3 is 2.74 bits per heavy atom. The van der Waals surface area contributed by atoms with Gasteiger partial charge in [-0.15, -0.1) is 11.6 Å². The van der Waals surface area contributed by atoms with Crippen molar-refractivity contribution in [2.75, 3.05) is 0 Å². The molecule has 0 amide bonds. The highest BCUT2D eigenvalue weighted by Gasteiger charge is 2.45. The molecule has 2 nitrogen and oxygen atoms in total. The second-order valence-electron chi connectivity index (χ2n) is 5.92. The molecule has 0 spiro atoms. The minimum Gasteiger partial charge on any atom is -0.327 e. The molecule has 1 aliphatic carbocycles. The van der Waals surface area contributed by atoms with E-state index in [1.807, 2.05) is 4.57 Å². The summed E-state index contributed by atoms with van der Waals surface area (Å²) in [5.74, 6) is 1.29. The first kappa shape index (κ1) is 13.2. The van der Waals surface area contributed by atoms with Gasteiger partial charge in [-0.05, 0) is 23.8 Å². The summed E-state index contributed by atoms with van der Waals surface area (Å²) in [6, 6.07) is 3.02. The summed E-state index contributed by atoms with van der Waals surface area (Å²) in [7, 11) is 0. The average Bonchev–Trinajstić information content (AvgIpc) is 2.80. The first-order valence-electron chi connectivity index (χ1n) is 6.32. The second-order valence-corrected chi connectivity index (χ2v) is 6.59. The van der Waals surface area contributed by atoms with Crippen LogP contribution in [-0.2, 0) is 12.4 Å². The fraction of sp³-hybridized carbons (Fsp3) is 0.500. The van der Waals surface area contributed by atoms with Gasteiger partial charge in [0.15, 0.2) is 0 Å². The van der Waals surface area contributed by atoms with E-state index in [4.69, 9.17) is 23.2 Å². The average molecular weight is 301 g/mol. The van der Waals surface area contributed by atoms with Gasteiger partial charge in [-0.2, -0.15) is 0 Å². The Morgan fingerprint density at radius 2 is 2.16 bits per heavy atom. The highest BCUT2D eigenvalue weighted by Crippen LogP contribution is 2.52. The maximum absolute atomic E-state index is 13.6. The lowest BCUT2D eigenvalue weighted by molar-refractivity contribution is 0.498. The molecule has 1 unspecified atom stereocenters. The van der Waals surface area contributed by atoms with E-state index in [0.29, 0.717) is 22.7 Å². The van der Waals surface area contributed by atoms with Crippen LogP contribution in [0.15, 0.2) is 12.1 Å². The smallest absolute Gasteiger partial charge is 0.144 e. The Morgan fingerprint density at radius 1 is 1.47 bits per heavy atom. The van der Waals surface area contributed by atoms with Gasteiger partial charge in [0.1, 0.15) is 11.6 Å². The molecule has 2 aromatic rings. The van der Waals surface area contributed by atoms with Crippen molar-refractivity contribution in [3.63, 3.8) is 0 Å². The van der Waals surface area contributed by atoms with Crippen molar-refractivity contribution in [3.05, 3.63) is 28.8 Å². The van der Waals surface area contributed by atoms with E-state index in [2.05, 4.69) is 18.8 Å². The van der Waals surface area contributed by atoms with Gasteiger partial charge in [0, 0.05) is 12.6 Å². The number of alkyl halides is 1. The Balaban J connectivity index is 2.08. The first-order chi connectivity index (χ1) is 8.92. The van der Waals surface area contributed by atoms with Crippen LogP contribution in [0.4, 0.5) is 4.39 Å². The first-order valence-corrected chi connectivity index (χ1v) is 7.24. The Labute approximate surface area is 121 Å². The van der Waals surface area contributed by atoms with Crippen LogP contribution in [-0.4, -0.2) is 9.55 Å². The quantitative estimate of drug-likeness (QED) is 0.757. The Hall–Kier alpha value is -0.800. The summed E-state index contributed by atoms with van der Waals surface area (Å²) < 4.78 is 15.7. The number of aromatic nitrogens is 2. The van der Waals surface area contributed by atoms with Crippen molar-refractivity contribution in [1.29, 1.82) is 0 Å². The molecule has 1 aromatic heterocycles. The summed E-state index contributed by atoms with van der Waals surface area (Å²) >= 11 is 11.7. The molecule has 1 atom stereocenters. The molecule has 0 saturated heterocycles. The van der Waals surface area contributed by atoms with Crippen LogP contribution in [0, 0.1) is 17.2 Å². The van der Waals surface area contributed by atoms with Gasteiger partial charge in [0.25, 0.3) is 0 Å². The fourth-order valence-corrected chi connectivity index (χ4v) is 2.95.